The number of ether oxygens (including phenoxy) is 1. The molecule has 6 nitrogen and oxygen atoms in total. The molecule has 8 heteroatoms. The van der Waals surface area contributed by atoms with Gasteiger partial charge < -0.3 is 14.7 Å². The van der Waals surface area contributed by atoms with Crippen LogP contribution in [0.25, 0.3) is 0 Å². The first-order valence-corrected chi connectivity index (χ1v) is 8.97. The van der Waals surface area contributed by atoms with Crippen molar-refractivity contribution in [3.8, 4) is 5.75 Å². The SMILES string of the molecule is Cc1nc(COc2ccc(F)cc2)sc1C(=O)N(CCC(=O)O)C(C)C. The minimum Gasteiger partial charge on any atom is -0.486 e. The van der Waals surface area contributed by atoms with Crippen LogP contribution in [0.3, 0.4) is 0 Å². The standard InChI is InChI=1S/C18H21FN2O4S/c1-11(2)21(9-8-16(22)23)18(24)17-12(3)20-15(26-17)10-25-14-6-4-13(19)5-7-14/h4-7,11H,8-10H2,1-3H3,(H,22,23). The lowest BCUT2D eigenvalue weighted by molar-refractivity contribution is -0.137. The zero-order valence-corrected chi connectivity index (χ0v) is 15.7. The highest BCUT2D eigenvalue weighted by Crippen LogP contribution is 2.23. The number of nitrogens with zero attached hydrogens (tertiary/aromatic N) is 2. The zero-order chi connectivity index (χ0) is 19.3. The van der Waals surface area contributed by atoms with Gasteiger partial charge in [-0.15, -0.1) is 11.3 Å². The number of amides is 1. The van der Waals surface area contributed by atoms with Crippen LogP contribution in [-0.2, 0) is 11.4 Å². The summed E-state index contributed by atoms with van der Waals surface area (Å²) in [7, 11) is 0. The predicted octanol–water partition coefficient (Wildman–Crippen LogP) is 3.49. The number of carbonyl (C=O) groups is 2. The molecular weight excluding hydrogens is 359 g/mol. The Labute approximate surface area is 155 Å². The van der Waals surface area contributed by atoms with Crippen molar-refractivity contribution in [3.05, 3.63) is 45.7 Å². The van der Waals surface area contributed by atoms with Gasteiger partial charge in [0.25, 0.3) is 5.91 Å². The van der Waals surface area contributed by atoms with Gasteiger partial charge in [-0.3, -0.25) is 9.59 Å². The van der Waals surface area contributed by atoms with Gasteiger partial charge in [-0.1, -0.05) is 0 Å². The molecule has 0 bridgehead atoms. The number of thiazole rings is 1. The summed E-state index contributed by atoms with van der Waals surface area (Å²) in [6, 6.07) is 5.53. The maximum atomic E-state index is 12.9. The molecule has 2 rings (SSSR count). The molecular formula is C18H21FN2O4S. The first-order valence-electron chi connectivity index (χ1n) is 8.15. The number of rotatable bonds is 8. The van der Waals surface area contributed by atoms with Gasteiger partial charge in [0.1, 0.15) is 28.1 Å². The first-order chi connectivity index (χ1) is 12.3. The molecule has 0 radical (unpaired) electrons. The van der Waals surface area contributed by atoms with E-state index in [9.17, 15) is 14.0 Å². The Morgan fingerprint density at radius 2 is 1.96 bits per heavy atom. The third kappa shape index (κ3) is 5.26. The molecule has 0 atom stereocenters. The van der Waals surface area contributed by atoms with Crippen molar-refractivity contribution < 1.29 is 23.8 Å². The lowest BCUT2D eigenvalue weighted by Crippen LogP contribution is -2.38. The van der Waals surface area contributed by atoms with Crippen LogP contribution in [0, 0.1) is 12.7 Å². The Hall–Kier alpha value is -2.48. The van der Waals surface area contributed by atoms with Gasteiger partial charge in [-0.25, -0.2) is 9.37 Å². The molecule has 1 aromatic carbocycles. The molecule has 26 heavy (non-hydrogen) atoms. The average molecular weight is 380 g/mol. The summed E-state index contributed by atoms with van der Waals surface area (Å²) in [6.45, 7) is 5.73. The van der Waals surface area contributed by atoms with Crippen molar-refractivity contribution in [2.75, 3.05) is 6.54 Å². The molecule has 1 amide bonds. The fraction of sp³-hybridized carbons (Fsp3) is 0.389. The van der Waals surface area contributed by atoms with Crippen molar-refractivity contribution in [1.82, 2.24) is 9.88 Å². The van der Waals surface area contributed by atoms with E-state index >= 15 is 0 Å². The number of aliphatic carboxylic acids is 1. The smallest absolute Gasteiger partial charge is 0.305 e. The molecule has 0 saturated heterocycles. The molecule has 0 aliphatic rings. The third-order valence-electron chi connectivity index (χ3n) is 3.66. The van der Waals surface area contributed by atoms with Crippen LogP contribution in [0.1, 0.15) is 40.6 Å². The monoisotopic (exact) mass is 380 g/mol. The Kier molecular flexibility index (Phi) is 6.68. The molecule has 0 aliphatic heterocycles. The Bertz CT molecular complexity index is 774. The quantitative estimate of drug-likeness (QED) is 0.758. The fourth-order valence-electron chi connectivity index (χ4n) is 2.33. The van der Waals surface area contributed by atoms with Gasteiger partial charge in [0.2, 0.25) is 0 Å². The normalized spacial score (nSPS) is 10.8. The molecule has 2 aromatic rings. The number of aromatic nitrogens is 1. The van der Waals surface area contributed by atoms with Crippen LogP contribution in [0.5, 0.6) is 5.75 Å². The summed E-state index contributed by atoms with van der Waals surface area (Å²) in [6.07, 6.45) is -0.109. The summed E-state index contributed by atoms with van der Waals surface area (Å²) < 4.78 is 18.5. The number of hydrogen-bond donors (Lipinski definition) is 1. The Balaban J connectivity index is 2.08. The predicted molar refractivity (Wildman–Crippen MR) is 96.0 cm³/mol. The van der Waals surface area contributed by atoms with Crippen molar-refractivity contribution in [3.63, 3.8) is 0 Å². The summed E-state index contributed by atoms with van der Waals surface area (Å²) in [5.74, 6) is -1.01. The number of hydrogen-bond acceptors (Lipinski definition) is 5. The van der Waals surface area contributed by atoms with E-state index in [-0.39, 0.29) is 37.3 Å². The van der Waals surface area contributed by atoms with E-state index in [0.29, 0.717) is 21.3 Å². The van der Waals surface area contributed by atoms with E-state index in [4.69, 9.17) is 9.84 Å². The van der Waals surface area contributed by atoms with Crippen LogP contribution >= 0.6 is 11.3 Å². The number of halogens is 1. The van der Waals surface area contributed by atoms with E-state index in [1.807, 2.05) is 13.8 Å². The highest BCUT2D eigenvalue weighted by molar-refractivity contribution is 7.13. The molecule has 0 saturated carbocycles. The van der Waals surface area contributed by atoms with E-state index in [1.165, 1.54) is 40.5 Å². The maximum Gasteiger partial charge on any atom is 0.305 e. The van der Waals surface area contributed by atoms with Crippen LogP contribution in [-0.4, -0.2) is 39.5 Å². The number of carbonyl (C=O) groups excluding carboxylic acids is 1. The summed E-state index contributed by atoms with van der Waals surface area (Å²) in [5.41, 5.74) is 0.582. The van der Waals surface area contributed by atoms with Gasteiger partial charge in [-0.2, -0.15) is 0 Å². The van der Waals surface area contributed by atoms with Crippen LogP contribution in [0.4, 0.5) is 4.39 Å². The van der Waals surface area contributed by atoms with E-state index in [2.05, 4.69) is 4.98 Å². The van der Waals surface area contributed by atoms with Gasteiger partial charge in [0.15, 0.2) is 0 Å². The summed E-state index contributed by atoms with van der Waals surface area (Å²) >= 11 is 1.22. The first kappa shape index (κ1) is 19.8. The van der Waals surface area contributed by atoms with E-state index in [1.54, 1.807) is 6.92 Å². The number of benzene rings is 1. The zero-order valence-electron chi connectivity index (χ0n) is 14.9. The Morgan fingerprint density at radius 1 is 1.31 bits per heavy atom. The second-order valence-corrected chi connectivity index (χ2v) is 7.08. The lowest BCUT2D eigenvalue weighted by atomic mass is 10.2. The van der Waals surface area contributed by atoms with Gasteiger partial charge in [0.05, 0.1) is 12.1 Å². The molecule has 1 N–H and O–H groups in total. The van der Waals surface area contributed by atoms with Crippen LogP contribution in [0.2, 0.25) is 0 Å². The minimum atomic E-state index is -0.946. The van der Waals surface area contributed by atoms with Crippen LogP contribution < -0.4 is 4.74 Å². The van der Waals surface area contributed by atoms with Gasteiger partial charge in [0, 0.05) is 12.6 Å². The van der Waals surface area contributed by atoms with Crippen molar-refractivity contribution in [1.29, 1.82) is 0 Å². The van der Waals surface area contributed by atoms with Crippen molar-refractivity contribution in [2.45, 2.75) is 39.8 Å². The maximum absolute atomic E-state index is 12.9. The highest BCUT2D eigenvalue weighted by Gasteiger charge is 2.24. The fourth-order valence-corrected chi connectivity index (χ4v) is 3.26. The number of aryl methyl sites for hydroxylation is 1. The third-order valence-corrected chi connectivity index (χ3v) is 4.78. The molecule has 140 valence electrons. The van der Waals surface area contributed by atoms with Gasteiger partial charge >= 0.3 is 5.97 Å². The Morgan fingerprint density at radius 3 is 2.54 bits per heavy atom. The van der Waals surface area contributed by atoms with Crippen molar-refractivity contribution >= 4 is 23.2 Å². The largest absolute Gasteiger partial charge is 0.486 e. The second kappa shape index (κ2) is 8.75. The van der Waals surface area contributed by atoms with E-state index < -0.39 is 5.97 Å². The molecule has 0 fully saturated rings. The summed E-state index contributed by atoms with van der Waals surface area (Å²) in [4.78, 5) is 29.9. The van der Waals surface area contributed by atoms with Crippen LogP contribution in [0.15, 0.2) is 24.3 Å². The second-order valence-electron chi connectivity index (χ2n) is 6.00. The molecule has 0 aliphatic carbocycles. The highest BCUT2D eigenvalue weighted by atomic mass is 32.1. The minimum absolute atomic E-state index is 0.109. The van der Waals surface area contributed by atoms with Crippen molar-refractivity contribution in [2.24, 2.45) is 0 Å². The lowest BCUT2D eigenvalue weighted by Gasteiger charge is -2.25. The van der Waals surface area contributed by atoms with Gasteiger partial charge in [-0.05, 0) is 45.0 Å². The number of carboxylic acids is 1. The molecule has 0 unspecified atom stereocenters. The average Bonchev–Trinajstić information content (AvgIpc) is 2.94. The molecule has 1 heterocycles. The summed E-state index contributed by atoms with van der Waals surface area (Å²) in [5, 5.41) is 9.49. The molecule has 1 aromatic heterocycles. The number of carboxylic acid groups (broad SMARTS) is 1. The van der Waals surface area contributed by atoms with E-state index in [0.717, 1.165) is 0 Å². The molecule has 0 spiro atoms. The topological polar surface area (TPSA) is 79.7 Å².